The number of aromatic nitrogens is 1. The third kappa shape index (κ3) is 3.56. The van der Waals surface area contributed by atoms with Gasteiger partial charge in [-0.25, -0.2) is 0 Å². The van der Waals surface area contributed by atoms with Crippen molar-refractivity contribution in [3.05, 3.63) is 30.1 Å². The summed E-state index contributed by atoms with van der Waals surface area (Å²) in [7, 11) is 0. The van der Waals surface area contributed by atoms with Gasteiger partial charge >= 0.3 is 0 Å². The molecule has 1 aliphatic rings. The third-order valence-electron chi connectivity index (χ3n) is 3.56. The molecule has 1 aromatic heterocycles. The van der Waals surface area contributed by atoms with Gasteiger partial charge in [-0.1, -0.05) is 6.07 Å². The van der Waals surface area contributed by atoms with Crippen LogP contribution in [-0.2, 0) is 16.0 Å². The van der Waals surface area contributed by atoms with Crippen LogP contribution < -0.4 is 5.32 Å². The van der Waals surface area contributed by atoms with Gasteiger partial charge in [0.05, 0.1) is 5.92 Å². The first-order valence-electron chi connectivity index (χ1n) is 7.05. The van der Waals surface area contributed by atoms with Gasteiger partial charge in [0.1, 0.15) is 0 Å². The predicted molar refractivity (Wildman–Crippen MR) is 75.9 cm³/mol. The van der Waals surface area contributed by atoms with E-state index in [2.05, 4.69) is 10.3 Å². The molecule has 2 amide bonds. The van der Waals surface area contributed by atoms with E-state index in [1.807, 2.05) is 32.0 Å². The minimum atomic E-state index is -0.214. The van der Waals surface area contributed by atoms with Crippen molar-refractivity contribution in [2.45, 2.75) is 32.7 Å². The number of carbonyl (C=O) groups is 2. The van der Waals surface area contributed by atoms with Crippen molar-refractivity contribution in [3.8, 4) is 0 Å². The maximum absolute atomic E-state index is 12.0. The molecule has 0 aliphatic carbocycles. The molecule has 1 unspecified atom stereocenters. The number of hydrogen-bond donors (Lipinski definition) is 1. The van der Waals surface area contributed by atoms with Crippen LogP contribution >= 0.6 is 0 Å². The van der Waals surface area contributed by atoms with Crippen LogP contribution in [0.2, 0.25) is 0 Å². The fraction of sp³-hybridized carbons (Fsp3) is 0.533. The first-order chi connectivity index (χ1) is 9.58. The van der Waals surface area contributed by atoms with E-state index in [1.54, 1.807) is 11.1 Å². The number of likely N-dealkylation sites (tertiary alicyclic amines) is 1. The van der Waals surface area contributed by atoms with Gasteiger partial charge in [-0.3, -0.25) is 14.6 Å². The summed E-state index contributed by atoms with van der Waals surface area (Å²) in [5.74, 6) is -0.170. The second-order valence-electron chi connectivity index (χ2n) is 5.40. The zero-order chi connectivity index (χ0) is 14.5. The molecule has 2 rings (SSSR count). The zero-order valence-corrected chi connectivity index (χ0v) is 12.0. The van der Waals surface area contributed by atoms with Crippen LogP contribution in [0.1, 0.15) is 26.0 Å². The molecule has 0 radical (unpaired) electrons. The SMILES string of the molecule is CC(C)N1CC(C(=O)NCCc2ccccn2)CC1=O. The second kappa shape index (κ2) is 6.50. The number of pyridine rings is 1. The van der Waals surface area contributed by atoms with E-state index < -0.39 is 0 Å². The average Bonchev–Trinajstić information content (AvgIpc) is 2.82. The van der Waals surface area contributed by atoms with Crippen molar-refractivity contribution in [2.24, 2.45) is 5.92 Å². The standard InChI is InChI=1S/C15H21N3O2/c1-11(2)18-10-12(9-14(18)19)15(20)17-8-6-13-5-3-4-7-16-13/h3-5,7,11-12H,6,8-10H2,1-2H3,(H,17,20). The highest BCUT2D eigenvalue weighted by Crippen LogP contribution is 2.20. The van der Waals surface area contributed by atoms with E-state index in [9.17, 15) is 9.59 Å². The minimum absolute atomic E-state index is 0.0302. The van der Waals surface area contributed by atoms with E-state index in [4.69, 9.17) is 0 Å². The first kappa shape index (κ1) is 14.5. The lowest BCUT2D eigenvalue weighted by molar-refractivity contribution is -0.129. The quantitative estimate of drug-likeness (QED) is 0.872. The van der Waals surface area contributed by atoms with E-state index in [1.165, 1.54) is 0 Å². The molecule has 1 N–H and O–H groups in total. The van der Waals surface area contributed by atoms with E-state index in [0.29, 0.717) is 25.9 Å². The molecule has 2 heterocycles. The summed E-state index contributed by atoms with van der Waals surface area (Å²) < 4.78 is 0. The number of amides is 2. The van der Waals surface area contributed by atoms with Crippen LogP contribution in [0.4, 0.5) is 0 Å². The Hall–Kier alpha value is -1.91. The van der Waals surface area contributed by atoms with Gasteiger partial charge < -0.3 is 10.2 Å². The average molecular weight is 275 g/mol. The van der Waals surface area contributed by atoms with Crippen LogP contribution in [0.15, 0.2) is 24.4 Å². The summed E-state index contributed by atoms with van der Waals surface area (Å²) in [5, 5.41) is 2.90. The van der Waals surface area contributed by atoms with Crippen LogP contribution in [0.3, 0.4) is 0 Å². The molecule has 0 spiro atoms. The molecular weight excluding hydrogens is 254 g/mol. The first-order valence-corrected chi connectivity index (χ1v) is 7.05. The van der Waals surface area contributed by atoms with Crippen molar-refractivity contribution in [2.75, 3.05) is 13.1 Å². The molecule has 1 fully saturated rings. The fourth-order valence-corrected chi connectivity index (χ4v) is 2.41. The van der Waals surface area contributed by atoms with Crippen LogP contribution in [0.5, 0.6) is 0 Å². The smallest absolute Gasteiger partial charge is 0.225 e. The summed E-state index contributed by atoms with van der Waals surface area (Å²) in [6.45, 7) is 5.03. The summed E-state index contributed by atoms with van der Waals surface area (Å²) in [5.41, 5.74) is 0.958. The summed E-state index contributed by atoms with van der Waals surface area (Å²) in [6.07, 6.45) is 2.78. The highest BCUT2D eigenvalue weighted by molar-refractivity contribution is 5.89. The van der Waals surface area contributed by atoms with Crippen LogP contribution in [0, 0.1) is 5.92 Å². The second-order valence-corrected chi connectivity index (χ2v) is 5.40. The molecule has 108 valence electrons. The molecular formula is C15H21N3O2. The largest absolute Gasteiger partial charge is 0.355 e. The summed E-state index contributed by atoms with van der Waals surface area (Å²) in [6, 6.07) is 5.90. The van der Waals surface area contributed by atoms with Crippen molar-refractivity contribution >= 4 is 11.8 Å². The Kier molecular flexibility index (Phi) is 4.71. The lowest BCUT2D eigenvalue weighted by Gasteiger charge is -2.20. The van der Waals surface area contributed by atoms with Crippen molar-refractivity contribution in [3.63, 3.8) is 0 Å². The van der Waals surface area contributed by atoms with Gasteiger partial charge in [0.15, 0.2) is 0 Å². The Bertz CT molecular complexity index is 473. The normalized spacial score (nSPS) is 18.6. The van der Waals surface area contributed by atoms with E-state index in [-0.39, 0.29) is 23.8 Å². The van der Waals surface area contributed by atoms with Gasteiger partial charge in [0, 0.05) is 43.9 Å². The van der Waals surface area contributed by atoms with Gasteiger partial charge in [-0.2, -0.15) is 0 Å². The maximum atomic E-state index is 12.0. The molecule has 20 heavy (non-hydrogen) atoms. The zero-order valence-electron chi connectivity index (χ0n) is 12.0. The lowest BCUT2D eigenvalue weighted by atomic mass is 10.1. The Morgan fingerprint density at radius 3 is 2.90 bits per heavy atom. The van der Waals surface area contributed by atoms with E-state index >= 15 is 0 Å². The highest BCUT2D eigenvalue weighted by Gasteiger charge is 2.35. The van der Waals surface area contributed by atoms with Crippen LogP contribution in [-0.4, -0.2) is 40.8 Å². The molecule has 0 aromatic carbocycles. The Labute approximate surface area is 119 Å². The molecule has 0 saturated carbocycles. The van der Waals surface area contributed by atoms with Gasteiger partial charge in [-0.15, -0.1) is 0 Å². The molecule has 5 heteroatoms. The number of rotatable bonds is 5. The molecule has 1 aliphatic heterocycles. The molecule has 1 atom stereocenters. The van der Waals surface area contributed by atoms with Gasteiger partial charge in [0.25, 0.3) is 0 Å². The highest BCUT2D eigenvalue weighted by atomic mass is 16.2. The summed E-state index contributed by atoms with van der Waals surface area (Å²) in [4.78, 5) is 29.8. The van der Waals surface area contributed by atoms with Crippen molar-refractivity contribution < 1.29 is 9.59 Å². The van der Waals surface area contributed by atoms with Crippen molar-refractivity contribution in [1.82, 2.24) is 15.2 Å². The number of hydrogen-bond acceptors (Lipinski definition) is 3. The Balaban J connectivity index is 1.77. The van der Waals surface area contributed by atoms with Gasteiger partial charge in [-0.05, 0) is 26.0 Å². The Morgan fingerprint density at radius 1 is 1.50 bits per heavy atom. The van der Waals surface area contributed by atoms with Crippen LogP contribution in [0.25, 0.3) is 0 Å². The number of carbonyl (C=O) groups excluding carboxylic acids is 2. The molecule has 1 aromatic rings. The topological polar surface area (TPSA) is 62.3 Å². The number of nitrogens with one attached hydrogen (secondary N) is 1. The minimum Gasteiger partial charge on any atom is -0.355 e. The third-order valence-corrected chi connectivity index (χ3v) is 3.56. The lowest BCUT2D eigenvalue weighted by Crippen LogP contribution is -2.36. The van der Waals surface area contributed by atoms with Crippen molar-refractivity contribution in [1.29, 1.82) is 0 Å². The monoisotopic (exact) mass is 275 g/mol. The summed E-state index contributed by atoms with van der Waals surface area (Å²) >= 11 is 0. The Morgan fingerprint density at radius 2 is 2.30 bits per heavy atom. The molecule has 5 nitrogen and oxygen atoms in total. The fourth-order valence-electron chi connectivity index (χ4n) is 2.41. The molecule has 1 saturated heterocycles. The molecule has 0 bridgehead atoms. The predicted octanol–water partition coefficient (Wildman–Crippen LogP) is 0.997. The van der Waals surface area contributed by atoms with Gasteiger partial charge in [0.2, 0.25) is 11.8 Å². The maximum Gasteiger partial charge on any atom is 0.225 e. The van der Waals surface area contributed by atoms with E-state index in [0.717, 1.165) is 5.69 Å². The number of nitrogens with zero attached hydrogens (tertiary/aromatic N) is 2.